The molecule has 120 valence electrons. The molecule has 3 aromatic heterocycles. The van der Waals surface area contributed by atoms with Crippen molar-refractivity contribution >= 4 is 28.7 Å². The van der Waals surface area contributed by atoms with Crippen molar-refractivity contribution in [3.8, 4) is 10.4 Å². The molecule has 7 heteroatoms. The van der Waals surface area contributed by atoms with Crippen molar-refractivity contribution in [1.29, 1.82) is 0 Å². The van der Waals surface area contributed by atoms with Crippen LogP contribution in [-0.2, 0) is 20.0 Å². The Morgan fingerprint density at radius 1 is 1.26 bits per heavy atom. The maximum absolute atomic E-state index is 11.7. The first-order chi connectivity index (χ1) is 11.2. The van der Waals surface area contributed by atoms with Gasteiger partial charge in [0.25, 0.3) is 0 Å². The summed E-state index contributed by atoms with van der Waals surface area (Å²) in [6.07, 6.45) is 4.70. The Morgan fingerprint density at radius 2 is 2.17 bits per heavy atom. The molecule has 3 rings (SSSR count). The molecular formula is C16H18N4OS2. The number of nitrogens with one attached hydrogen (secondary N) is 2. The largest absolute Gasteiger partial charge is 0.338 e. The second kappa shape index (κ2) is 7.43. The van der Waals surface area contributed by atoms with Crippen LogP contribution in [0.4, 0.5) is 4.79 Å². The fourth-order valence-electron chi connectivity index (χ4n) is 2.16. The Balaban J connectivity index is 1.42. The van der Waals surface area contributed by atoms with Crippen molar-refractivity contribution in [2.45, 2.75) is 13.0 Å². The van der Waals surface area contributed by atoms with Crippen molar-refractivity contribution in [3.05, 3.63) is 51.8 Å². The Bertz CT molecular complexity index is 761. The third-order valence-electron chi connectivity index (χ3n) is 3.31. The van der Waals surface area contributed by atoms with Crippen molar-refractivity contribution in [3.63, 3.8) is 0 Å². The summed E-state index contributed by atoms with van der Waals surface area (Å²) in [6.45, 7) is 1.21. The lowest BCUT2D eigenvalue weighted by atomic mass is 10.3. The van der Waals surface area contributed by atoms with Gasteiger partial charge in [0.1, 0.15) is 0 Å². The van der Waals surface area contributed by atoms with E-state index in [4.69, 9.17) is 0 Å². The summed E-state index contributed by atoms with van der Waals surface area (Å²) in [5.74, 6) is 0. The standard InChI is InChI=1S/C16H18N4OS2/c1-20-11-12(9-19-20)15-5-4-13(23-15)6-7-17-16(21)18-10-14-3-2-8-22-14/h2-5,8-9,11H,6-7,10H2,1H3,(H2,17,18,21). The quantitative estimate of drug-likeness (QED) is 0.720. The fraction of sp³-hybridized carbons (Fsp3) is 0.250. The Kier molecular flexibility index (Phi) is 5.09. The molecule has 0 aliphatic rings. The van der Waals surface area contributed by atoms with Gasteiger partial charge in [0, 0.05) is 40.0 Å². The molecule has 23 heavy (non-hydrogen) atoms. The Labute approximate surface area is 143 Å². The topological polar surface area (TPSA) is 59.0 Å². The van der Waals surface area contributed by atoms with Crippen LogP contribution in [0, 0.1) is 0 Å². The molecule has 0 aliphatic carbocycles. The SMILES string of the molecule is Cn1cc(-c2ccc(CCNC(=O)NCc3cccs3)s2)cn1. The summed E-state index contributed by atoms with van der Waals surface area (Å²) in [7, 11) is 1.91. The molecule has 2 N–H and O–H groups in total. The summed E-state index contributed by atoms with van der Waals surface area (Å²) in [5, 5.41) is 11.9. The van der Waals surface area contributed by atoms with Gasteiger partial charge in [-0.3, -0.25) is 4.68 Å². The zero-order valence-corrected chi connectivity index (χ0v) is 14.4. The lowest BCUT2D eigenvalue weighted by Gasteiger charge is -2.05. The third kappa shape index (κ3) is 4.43. The molecule has 0 bridgehead atoms. The zero-order chi connectivity index (χ0) is 16.1. The Hall–Kier alpha value is -2.12. The van der Waals surface area contributed by atoms with Gasteiger partial charge in [-0.05, 0) is 30.0 Å². The molecule has 0 radical (unpaired) electrons. The second-order valence-electron chi connectivity index (χ2n) is 5.11. The minimum atomic E-state index is -0.123. The van der Waals surface area contributed by atoms with Gasteiger partial charge in [-0.15, -0.1) is 22.7 Å². The van der Waals surface area contributed by atoms with E-state index in [9.17, 15) is 4.79 Å². The first kappa shape index (κ1) is 15.8. The van der Waals surface area contributed by atoms with Crippen LogP contribution in [0.15, 0.2) is 42.0 Å². The number of nitrogens with zero attached hydrogens (tertiary/aromatic N) is 2. The summed E-state index contributed by atoms with van der Waals surface area (Å²) in [6, 6.07) is 8.08. The van der Waals surface area contributed by atoms with Crippen molar-refractivity contribution in [1.82, 2.24) is 20.4 Å². The van der Waals surface area contributed by atoms with E-state index in [1.807, 2.05) is 37.0 Å². The minimum Gasteiger partial charge on any atom is -0.338 e. The molecule has 3 aromatic rings. The van der Waals surface area contributed by atoms with E-state index in [0.717, 1.165) is 16.9 Å². The van der Waals surface area contributed by atoms with Gasteiger partial charge in [0.05, 0.1) is 12.7 Å². The van der Waals surface area contributed by atoms with E-state index >= 15 is 0 Å². The van der Waals surface area contributed by atoms with Gasteiger partial charge >= 0.3 is 6.03 Å². The minimum absolute atomic E-state index is 0.123. The highest BCUT2D eigenvalue weighted by molar-refractivity contribution is 7.15. The second-order valence-corrected chi connectivity index (χ2v) is 7.31. The van der Waals surface area contributed by atoms with Gasteiger partial charge in [-0.2, -0.15) is 5.10 Å². The molecule has 0 spiro atoms. The van der Waals surface area contributed by atoms with E-state index in [2.05, 4.69) is 27.9 Å². The maximum Gasteiger partial charge on any atom is 0.315 e. The Morgan fingerprint density at radius 3 is 2.91 bits per heavy atom. The first-order valence-corrected chi connectivity index (χ1v) is 9.02. The molecule has 0 atom stereocenters. The molecule has 0 aromatic carbocycles. The van der Waals surface area contributed by atoms with Crippen LogP contribution in [0.3, 0.4) is 0 Å². The molecule has 2 amide bonds. The predicted octanol–water partition coefficient (Wildman–Crippen LogP) is 3.25. The van der Waals surface area contributed by atoms with Gasteiger partial charge in [0.2, 0.25) is 0 Å². The third-order valence-corrected chi connectivity index (χ3v) is 5.38. The van der Waals surface area contributed by atoms with Crippen molar-refractivity contribution in [2.24, 2.45) is 7.05 Å². The molecule has 0 unspecified atom stereocenters. The highest BCUT2D eigenvalue weighted by Gasteiger charge is 2.06. The number of thiophene rings is 2. The highest BCUT2D eigenvalue weighted by Crippen LogP contribution is 2.27. The smallest absolute Gasteiger partial charge is 0.315 e. The van der Waals surface area contributed by atoms with Crippen LogP contribution in [0.2, 0.25) is 0 Å². The maximum atomic E-state index is 11.7. The average Bonchev–Trinajstić information content (AvgIpc) is 3.26. The number of aryl methyl sites for hydroxylation is 1. The van der Waals surface area contributed by atoms with E-state index in [0.29, 0.717) is 13.1 Å². The molecule has 5 nitrogen and oxygen atoms in total. The summed E-state index contributed by atoms with van der Waals surface area (Å²) in [4.78, 5) is 15.3. The van der Waals surface area contributed by atoms with Crippen LogP contribution in [0.5, 0.6) is 0 Å². The number of rotatable bonds is 6. The average molecular weight is 346 g/mol. The molecule has 0 fully saturated rings. The summed E-state index contributed by atoms with van der Waals surface area (Å²) >= 11 is 3.38. The van der Waals surface area contributed by atoms with E-state index in [-0.39, 0.29) is 6.03 Å². The van der Waals surface area contributed by atoms with Crippen LogP contribution in [0.1, 0.15) is 9.75 Å². The van der Waals surface area contributed by atoms with Crippen LogP contribution >= 0.6 is 22.7 Å². The van der Waals surface area contributed by atoms with E-state index in [1.165, 1.54) is 9.75 Å². The number of carbonyl (C=O) groups excluding carboxylic acids is 1. The van der Waals surface area contributed by atoms with Gasteiger partial charge in [-0.25, -0.2) is 4.79 Å². The van der Waals surface area contributed by atoms with Crippen molar-refractivity contribution in [2.75, 3.05) is 6.54 Å². The number of amides is 2. The van der Waals surface area contributed by atoms with E-state index in [1.54, 1.807) is 27.4 Å². The molecule has 0 saturated heterocycles. The van der Waals surface area contributed by atoms with Gasteiger partial charge < -0.3 is 10.6 Å². The lowest BCUT2D eigenvalue weighted by Crippen LogP contribution is -2.35. The van der Waals surface area contributed by atoms with Gasteiger partial charge in [0.15, 0.2) is 0 Å². The van der Waals surface area contributed by atoms with Crippen LogP contribution < -0.4 is 10.6 Å². The fourth-order valence-corrected chi connectivity index (χ4v) is 3.78. The molecule has 3 heterocycles. The molecule has 0 saturated carbocycles. The van der Waals surface area contributed by atoms with Crippen LogP contribution in [0.25, 0.3) is 10.4 Å². The first-order valence-electron chi connectivity index (χ1n) is 7.32. The lowest BCUT2D eigenvalue weighted by molar-refractivity contribution is 0.241. The number of hydrogen-bond acceptors (Lipinski definition) is 4. The van der Waals surface area contributed by atoms with Gasteiger partial charge in [-0.1, -0.05) is 6.07 Å². The monoisotopic (exact) mass is 346 g/mol. The van der Waals surface area contributed by atoms with Crippen molar-refractivity contribution < 1.29 is 4.79 Å². The summed E-state index contributed by atoms with van der Waals surface area (Å²) < 4.78 is 1.80. The number of carbonyl (C=O) groups is 1. The van der Waals surface area contributed by atoms with E-state index < -0.39 is 0 Å². The molecular weight excluding hydrogens is 328 g/mol. The number of aromatic nitrogens is 2. The zero-order valence-electron chi connectivity index (χ0n) is 12.8. The normalized spacial score (nSPS) is 10.7. The number of hydrogen-bond donors (Lipinski definition) is 2. The number of urea groups is 1. The highest BCUT2D eigenvalue weighted by atomic mass is 32.1. The summed E-state index contributed by atoms with van der Waals surface area (Å²) in [5.41, 5.74) is 1.13. The molecule has 0 aliphatic heterocycles. The van der Waals surface area contributed by atoms with Crippen LogP contribution in [-0.4, -0.2) is 22.4 Å². The predicted molar refractivity (Wildman–Crippen MR) is 94.8 cm³/mol.